The quantitative estimate of drug-likeness (QED) is 0.696. The minimum Gasteiger partial charge on any atom is -0.250 e. The molecule has 0 atom stereocenters. The predicted octanol–water partition coefficient (Wildman–Crippen LogP) is 1.72. The van der Waals surface area contributed by atoms with E-state index in [0.29, 0.717) is 11.4 Å². The van der Waals surface area contributed by atoms with Gasteiger partial charge in [-0.3, -0.25) is 0 Å². The van der Waals surface area contributed by atoms with E-state index in [9.17, 15) is 0 Å². The lowest BCUT2D eigenvalue weighted by molar-refractivity contribution is 1.11. The summed E-state index contributed by atoms with van der Waals surface area (Å²) in [6.45, 7) is 1.91. The van der Waals surface area contributed by atoms with E-state index in [1.165, 1.54) is 12.4 Å². The minimum absolute atomic E-state index is 0.450. The summed E-state index contributed by atoms with van der Waals surface area (Å²) in [5.74, 6) is 0.540. The second-order valence-corrected chi connectivity index (χ2v) is 3.07. The number of hydrogen-bond acceptors (Lipinski definition) is 4. The van der Waals surface area contributed by atoms with Gasteiger partial charge in [-0.15, -0.1) is 0 Å². The maximum Gasteiger partial charge on any atom is 0.178 e. The molecule has 0 amide bonds. The lowest BCUT2D eigenvalue weighted by atomic mass is 10.3. The third-order valence-corrected chi connectivity index (χ3v) is 1.90. The van der Waals surface area contributed by atoms with Crippen molar-refractivity contribution >= 4 is 0 Å². The maximum atomic E-state index is 8.60. The van der Waals surface area contributed by atoms with Gasteiger partial charge in [0.1, 0.15) is 11.8 Å². The molecule has 2 heterocycles. The summed E-state index contributed by atoms with van der Waals surface area (Å²) >= 11 is 0. The van der Waals surface area contributed by atoms with Crippen molar-refractivity contribution < 1.29 is 0 Å². The minimum atomic E-state index is 0.450. The van der Waals surface area contributed by atoms with Gasteiger partial charge in [0.25, 0.3) is 0 Å². The molecule has 0 N–H and O–H groups in total. The Morgan fingerprint density at radius 3 is 2.53 bits per heavy atom. The van der Waals surface area contributed by atoms with E-state index in [1.54, 1.807) is 0 Å². The van der Waals surface area contributed by atoms with Crippen LogP contribution < -0.4 is 0 Å². The van der Waals surface area contributed by atoms with Crippen molar-refractivity contribution in [3.8, 4) is 17.6 Å². The highest BCUT2D eigenvalue weighted by atomic mass is 14.9. The molecule has 72 valence electrons. The molecule has 0 bridgehead atoms. The molecule has 0 aromatic carbocycles. The van der Waals surface area contributed by atoms with Gasteiger partial charge in [0, 0.05) is 18.1 Å². The predicted molar refractivity (Wildman–Crippen MR) is 54.7 cm³/mol. The van der Waals surface area contributed by atoms with E-state index >= 15 is 0 Å². The van der Waals surface area contributed by atoms with Crippen LogP contribution in [0.5, 0.6) is 0 Å². The molecule has 2 rings (SSSR count). The van der Waals surface area contributed by atoms with Gasteiger partial charge in [-0.05, 0) is 19.1 Å². The molecule has 0 saturated carbocycles. The van der Waals surface area contributed by atoms with Gasteiger partial charge in [0.2, 0.25) is 0 Å². The Morgan fingerprint density at radius 1 is 1.20 bits per heavy atom. The molecule has 0 saturated heterocycles. The topological polar surface area (TPSA) is 62.5 Å². The summed E-state index contributed by atoms with van der Waals surface area (Å²) in [4.78, 5) is 12.4. The lowest BCUT2D eigenvalue weighted by Gasteiger charge is -1.99. The first-order valence-corrected chi connectivity index (χ1v) is 4.46. The fraction of sp³-hybridized carbons (Fsp3) is 0.0909. The first-order chi connectivity index (χ1) is 7.29. The van der Waals surface area contributed by atoms with Crippen LogP contribution in [-0.4, -0.2) is 15.0 Å². The molecule has 0 aliphatic carbocycles. The van der Waals surface area contributed by atoms with Crippen molar-refractivity contribution in [3.63, 3.8) is 0 Å². The zero-order valence-electron chi connectivity index (χ0n) is 8.18. The third-order valence-electron chi connectivity index (χ3n) is 1.90. The van der Waals surface area contributed by atoms with Crippen LogP contribution in [-0.2, 0) is 0 Å². The lowest BCUT2D eigenvalue weighted by Crippen LogP contribution is -1.93. The molecular formula is C11H8N4. The molecular weight excluding hydrogens is 188 g/mol. The molecule has 0 aliphatic rings. The van der Waals surface area contributed by atoms with Crippen LogP contribution in [0.15, 0.2) is 30.6 Å². The molecule has 0 unspecified atom stereocenters. The fourth-order valence-electron chi connectivity index (χ4n) is 1.19. The van der Waals surface area contributed by atoms with Gasteiger partial charge in [0.05, 0.1) is 5.56 Å². The standard InChI is InChI=1S/C11H8N4/c1-8-3-2-4-10(15-8)11-13-6-9(5-12)7-14-11/h2-4,6-7H,1H3. The number of nitriles is 1. The van der Waals surface area contributed by atoms with Gasteiger partial charge >= 0.3 is 0 Å². The highest BCUT2D eigenvalue weighted by molar-refractivity contribution is 5.49. The molecule has 0 spiro atoms. The monoisotopic (exact) mass is 196 g/mol. The maximum absolute atomic E-state index is 8.60. The van der Waals surface area contributed by atoms with Crippen LogP contribution in [0.1, 0.15) is 11.3 Å². The summed E-state index contributed by atoms with van der Waals surface area (Å²) in [5, 5.41) is 8.60. The normalized spacial score (nSPS) is 9.60. The largest absolute Gasteiger partial charge is 0.250 e. The molecule has 4 heteroatoms. The Hall–Kier alpha value is -2.28. The second kappa shape index (κ2) is 3.84. The summed E-state index contributed by atoms with van der Waals surface area (Å²) in [6.07, 6.45) is 2.98. The Balaban J connectivity index is 2.42. The van der Waals surface area contributed by atoms with Crippen molar-refractivity contribution in [1.82, 2.24) is 15.0 Å². The number of nitrogens with zero attached hydrogens (tertiary/aromatic N) is 4. The van der Waals surface area contributed by atoms with E-state index in [0.717, 1.165) is 11.4 Å². The molecule has 2 aromatic heterocycles. The Labute approximate surface area is 87.3 Å². The fourth-order valence-corrected chi connectivity index (χ4v) is 1.19. The number of aromatic nitrogens is 3. The SMILES string of the molecule is Cc1cccc(-c2ncc(C#N)cn2)n1. The van der Waals surface area contributed by atoms with Crippen LogP contribution in [0.4, 0.5) is 0 Å². The van der Waals surface area contributed by atoms with E-state index in [4.69, 9.17) is 5.26 Å². The van der Waals surface area contributed by atoms with E-state index < -0.39 is 0 Å². The summed E-state index contributed by atoms with van der Waals surface area (Å²) in [7, 11) is 0. The Morgan fingerprint density at radius 2 is 1.93 bits per heavy atom. The highest BCUT2D eigenvalue weighted by Crippen LogP contribution is 2.11. The number of pyridine rings is 1. The van der Waals surface area contributed by atoms with Crippen LogP contribution in [0.3, 0.4) is 0 Å². The smallest absolute Gasteiger partial charge is 0.178 e. The summed E-state index contributed by atoms with van der Waals surface area (Å²) < 4.78 is 0. The Bertz CT molecular complexity index is 511. The molecule has 0 aliphatic heterocycles. The van der Waals surface area contributed by atoms with Crippen LogP contribution in [0.2, 0.25) is 0 Å². The summed E-state index contributed by atoms with van der Waals surface area (Å²) in [5.41, 5.74) is 2.09. The van der Waals surface area contributed by atoms with Crippen LogP contribution >= 0.6 is 0 Å². The average Bonchev–Trinajstić information content (AvgIpc) is 2.29. The average molecular weight is 196 g/mol. The van der Waals surface area contributed by atoms with E-state index in [2.05, 4.69) is 15.0 Å². The first-order valence-electron chi connectivity index (χ1n) is 4.46. The first kappa shape index (κ1) is 9.28. The van der Waals surface area contributed by atoms with Gasteiger partial charge in [-0.25, -0.2) is 15.0 Å². The molecule has 0 fully saturated rings. The van der Waals surface area contributed by atoms with Crippen molar-refractivity contribution in [2.24, 2.45) is 0 Å². The zero-order chi connectivity index (χ0) is 10.7. The highest BCUT2D eigenvalue weighted by Gasteiger charge is 2.02. The number of aryl methyl sites for hydroxylation is 1. The van der Waals surface area contributed by atoms with Gasteiger partial charge < -0.3 is 0 Å². The van der Waals surface area contributed by atoms with Crippen molar-refractivity contribution in [3.05, 3.63) is 41.9 Å². The van der Waals surface area contributed by atoms with E-state index in [1.807, 2.05) is 31.2 Å². The van der Waals surface area contributed by atoms with Crippen molar-refractivity contribution in [2.75, 3.05) is 0 Å². The van der Waals surface area contributed by atoms with E-state index in [-0.39, 0.29) is 0 Å². The molecule has 0 radical (unpaired) electrons. The third kappa shape index (κ3) is 1.97. The number of rotatable bonds is 1. The van der Waals surface area contributed by atoms with Crippen molar-refractivity contribution in [2.45, 2.75) is 6.92 Å². The van der Waals surface area contributed by atoms with Gasteiger partial charge in [0.15, 0.2) is 5.82 Å². The summed E-state index contributed by atoms with van der Waals surface area (Å²) in [6, 6.07) is 7.63. The van der Waals surface area contributed by atoms with Crippen LogP contribution in [0.25, 0.3) is 11.5 Å². The second-order valence-electron chi connectivity index (χ2n) is 3.07. The molecule has 15 heavy (non-hydrogen) atoms. The van der Waals surface area contributed by atoms with Crippen LogP contribution in [0, 0.1) is 18.3 Å². The van der Waals surface area contributed by atoms with Gasteiger partial charge in [-0.1, -0.05) is 6.07 Å². The molecule has 4 nitrogen and oxygen atoms in total. The van der Waals surface area contributed by atoms with Crippen molar-refractivity contribution in [1.29, 1.82) is 5.26 Å². The zero-order valence-corrected chi connectivity index (χ0v) is 8.18. The van der Waals surface area contributed by atoms with Gasteiger partial charge in [-0.2, -0.15) is 5.26 Å². The molecule has 2 aromatic rings. The number of hydrogen-bond donors (Lipinski definition) is 0. The Kier molecular flexibility index (Phi) is 2.38.